The van der Waals surface area contributed by atoms with Gasteiger partial charge in [-0.15, -0.1) is 0 Å². The van der Waals surface area contributed by atoms with E-state index in [1.807, 2.05) is 0 Å². The van der Waals surface area contributed by atoms with Crippen molar-refractivity contribution in [2.24, 2.45) is 5.73 Å². The van der Waals surface area contributed by atoms with Crippen LogP contribution < -0.4 is 11.1 Å². The standard InChI is InChI=1S/C9H10N2O2S/c10-9(14)11-8(13)5-6-3-1-2-4-7(6)12/h1-4,12H,5H2,(H3,10,11,13,14). The minimum absolute atomic E-state index is 0.0595. The minimum atomic E-state index is -0.334. The van der Waals surface area contributed by atoms with Crippen LogP contribution in [0.2, 0.25) is 0 Å². The van der Waals surface area contributed by atoms with Crippen molar-refractivity contribution < 1.29 is 9.90 Å². The first-order chi connectivity index (χ1) is 6.59. The number of thiocarbonyl (C=S) groups is 1. The molecule has 1 rings (SSSR count). The van der Waals surface area contributed by atoms with E-state index in [0.717, 1.165) is 0 Å². The lowest BCUT2D eigenvalue weighted by atomic mass is 10.1. The third-order valence-electron chi connectivity index (χ3n) is 1.61. The second kappa shape index (κ2) is 4.57. The molecule has 0 atom stereocenters. The Morgan fingerprint density at radius 2 is 2.14 bits per heavy atom. The van der Waals surface area contributed by atoms with Gasteiger partial charge in [0.15, 0.2) is 5.11 Å². The normalized spacial score (nSPS) is 9.43. The van der Waals surface area contributed by atoms with Gasteiger partial charge in [0, 0.05) is 5.56 Å². The summed E-state index contributed by atoms with van der Waals surface area (Å²) in [7, 11) is 0. The molecule has 0 unspecified atom stereocenters. The molecular formula is C9H10N2O2S. The van der Waals surface area contributed by atoms with Gasteiger partial charge in [0.05, 0.1) is 6.42 Å². The Kier molecular flexibility index (Phi) is 3.41. The van der Waals surface area contributed by atoms with E-state index in [9.17, 15) is 9.90 Å². The average Bonchev–Trinajstić information content (AvgIpc) is 2.07. The Labute approximate surface area is 86.7 Å². The Balaban J connectivity index is 2.65. The lowest BCUT2D eigenvalue weighted by Gasteiger charge is -2.04. The Morgan fingerprint density at radius 3 is 2.71 bits per heavy atom. The lowest BCUT2D eigenvalue weighted by Crippen LogP contribution is -2.35. The highest BCUT2D eigenvalue weighted by Crippen LogP contribution is 2.15. The van der Waals surface area contributed by atoms with Crippen molar-refractivity contribution in [3.8, 4) is 5.75 Å². The molecule has 0 aliphatic carbocycles. The van der Waals surface area contributed by atoms with Crippen molar-refractivity contribution >= 4 is 23.2 Å². The van der Waals surface area contributed by atoms with Gasteiger partial charge in [-0.3, -0.25) is 4.79 Å². The zero-order valence-electron chi connectivity index (χ0n) is 7.36. The highest BCUT2D eigenvalue weighted by Gasteiger charge is 2.06. The molecule has 4 nitrogen and oxygen atoms in total. The Morgan fingerprint density at radius 1 is 1.50 bits per heavy atom. The number of aromatic hydroxyl groups is 1. The van der Waals surface area contributed by atoms with Crippen molar-refractivity contribution in [3.05, 3.63) is 29.8 Å². The van der Waals surface area contributed by atoms with Gasteiger partial charge in [0.25, 0.3) is 0 Å². The third-order valence-corrected chi connectivity index (χ3v) is 1.71. The van der Waals surface area contributed by atoms with Gasteiger partial charge in [-0.25, -0.2) is 0 Å². The predicted molar refractivity (Wildman–Crippen MR) is 56.7 cm³/mol. The highest BCUT2D eigenvalue weighted by molar-refractivity contribution is 7.80. The number of hydrogen-bond donors (Lipinski definition) is 3. The number of phenolic OH excluding ortho intramolecular Hbond substituents is 1. The van der Waals surface area contributed by atoms with E-state index < -0.39 is 0 Å². The van der Waals surface area contributed by atoms with Crippen LogP contribution in [-0.4, -0.2) is 16.1 Å². The van der Waals surface area contributed by atoms with Crippen molar-refractivity contribution in [2.45, 2.75) is 6.42 Å². The van der Waals surface area contributed by atoms with Crippen LogP contribution in [0.25, 0.3) is 0 Å². The quantitative estimate of drug-likeness (QED) is 0.613. The van der Waals surface area contributed by atoms with Gasteiger partial charge in [-0.1, -0.05) is 18.2 Å². The summed E-state index contributed by atoms with van der Waals surface area (Å²) in [6.07, 6.45) is 0.0595. The molecule has 0 aliphatic rings. The molecule has 0 bridgehead atoms. The molecule has 0 aliphatic heterocycles. The zero-order chi connectivity index (χ0) is 10.6. The lowest BCUT2D eigenvalue weighted by molar-refractivity contribution is -0.119. The summed E-state index contributed by atoms with van der Waals surface area (Å²) in [5.41, 5.74) is 5.66. The van der Waals surface area contributed by atoms with Crippen LogP contribution in [0.5, 0.6) is 5.75 Å². The van der Waals surface area contributed by atoms with Crippen LogP contribution >= 0.6 is 12.2 Å². The number of amides is 1. The molecule has 1 aromatic rings. The summed E-state index contributed by atoms with van der Waals surface area (Å²) >= 11 is 4.50. The maximum atomic E-state index is 11.2. The first-order valence-electron chi connectivity index (χ1n) is 3.95. The van der Waals surface area contributed by atoms with Crippen LogP contribution in [-0.2, 0) is 11.2 Å². The molecule has 4 N–H and O–H groups in total. The van der Waals surface area contributed by atoms with E-state index in [4.69, 9.17) is 5.73 Å². The fourth-order valence-corrected chi connectivity index (χ4v) is 1.13. The van der Waals surface area contributed by atoms with Crippen molar-refractivity contribution in [3.63, 3.8) is 0 Å². The van der Waals surface area contributed by atoms with Crippen molar-refractivity contribution in [2.75, 3.05) is 0 Å². The molecular weight excluding hydrogens is 200 g/mol. The highest BCUT2D eigenvalue weighted by atomic mass is 32.1. The smallest absolute Gasteiger partial charge is 0.230 e. The van der Waals surface area contributed by atoms with Gasteiger partial charge >= 0.3 is 0 Å². The van der Waals surface area contributed by atoms with Gasteiger partial charge in [0.2, 0.25) is 5.91 Å². The van der Waals surface area contributed by atoms with Crippen LogP contribution in [0.1, 0.15) is 5.56 Å². The first kappa shape index (κ1) is 10.5. The summed E-state index contributed by atoms with van der Waals surface area (Å²) in [4.78, 5) is 11.2. The number of nitrogens with one attached hydrogen (secondary N) is 1. The molecule has 74 valence electrons. The number of carbonyl (C=O) groups excluding carboxylic acids is 1. The van der Waals surface area contributed by atoms with Crippen LogP contribution in [0.3, 0.4) is 0 Å². The minimum Gasteiger partial charge on any atom is -0.508 e. The van der Waals surface area contributed by atoms with E-state index in [-0.39, 0.29) is 23.2 Å². The van der Waals surface area contributed by atoms with E-state index in [1.165, 1.54) is 6.07 Å². The maximum Gasteiger partial charge on any atom is 0.230 e. The number of para-hydroxylation sites is 1. The summed E-state index contributed by atoms with van der Waals surface area (Å²) in [5, 5.41) is 11.6. The number of carbonyl (C=O) groups is 1. The second-order valence-electron chi connectivity index (χ2n) is 2.72. The molecule has 0 saturated carbocycles. The molecule has 1 aromatic carbocycles. The molecule has 0 saturated heterocycles. The molecule has 0 heterocycles. The van der Waals surface area contributed by atoms with Crippen LogP contribution in [0.4, 0.5) is 0 Å². The van der Waals surface area contributed by atoms with E-state index in [0.29, 0.717) is 5.56 Å². The van der Waals surface area contributed by atoms with Crippen molar-refractivity contribution in [1.82, 2.24) is 5.32 Å². The SMILES string of the molecule is NC(=S)NC(=O)Cc1ccccc1O. The van der Waals surface area contributed by atoms with E-state index in [2.05, 4.69) is 17.5 Å². The molecule has 1 amide bonds. The van der Waals surface area contributed by atoms with Crippen LogP contribution in [0.15, 0.2) is 24.3 Å². The fourth-order valence-electron chi connectivity index (χ4n) is 1.01. The predicted octanol–water partition coefficient (Wildman–Crippen LogP) is 0.294. The summed E-state index contributed by atoms with van der Waals surface area (Å²) in [6.45, 7) is 0. The van der Waals surface area contributed by atoms with E-state index in [1.54, 1.807) is 18.2 Å². The van der Waals surface area contributed by atoms with Crippen LogP contribution in [0, 0.1) is 0 Å². The largest absolute Gasteiger partial charge is 0.508 e. The number of phenols is 1. The molecule has 0 aromatic heterocycles. The summed E-state index contributed by atoms with van der Waals surface area (Å²) in [5.74, 6) is -0.246. The molecule has 5 heteroatoms. The summed E-state index contributed by atoms with van der Waals surface area (Å²) < 4.78 is 0. The van der Waals surface area contributed by atoms with Gasteiger partial charge < -0.3 is 16.2 Å². The molecule has 0 spiro atoms. The summed E-state index contributed by atoms with van der Waals surface area (Å²) in [6, 6.07) is 6.60. The number of benzene rings is 1. The van der Waals surface area contributed by atoms with Gasteiger partial charge in [-0.2, -0.15) is 0 Å². The number of rotatable bonds is 2. The third kappa shape index (κ3) is 3.02. The zero-order valence-corrected chi connectivity index (χ0v) is 8.17. The first-order valence-corrected chi connectivity index (χ1v) is 4.36. The second-order valence-corrected chi connectivity index (χ2v) is 3.16. The maximum absolute atomic E-state index is 11.2. The fraction of sp³-hybridized carbons (Fsp3) is 0.111. The molecule has 14 heavy (non-hydrogen) atoms. The average molecular weight is 210 g/mol. The van der Waals surface area contributed by atoms with Gasteiger partial charge in [-0.05, 0) is 18.3 Å². The molecule has 0 fully saturated rings. The molecule has 0 radical (unpaired) electrons. The number of hydrogen-bond acceptors (Lipinski definition) is 3. The number of nitrogens with two attached hydrogens (primary N) is 1. The topological polar surface area (TPSA) is 75.3 Å². The van der Waals surface area contributed by atoms with Gasteiger partial charge in [0.1, 0.15) is 5.75 Å². The Hall–Kier alpha value is -1.62. The van der Waals surface area contributed by atoms with E-state index >= 15 is 0 Å². The monoisotopic (exact) mass is 210 g/mol. The Bertz CT molecular complexity index is 366. The van der Waals surface area contributed by atoms with Crippen molar-refractivity contribution in [1.29, 1.82) is 0 Å².